The molecule has 0 aliphatic heterocycles. The van der Waals surface area contributed by atoms with E-state index in [-0.39, 0.29) is 5.97 Å². The summed E-state index contributed by atoms with van der Waals surface area (Å²) in [5.74, 6) is 0.0931. The first-order valence-electron chi connectivity index (χ1n) is 6.64. The molecule has 0 fully saturated rings. The number of hydrogen-bond acceptors (Lipinski definition) is 4. The average Bonchev–Trinajstić information content (AvgIpc) is 2.41. The predicted molar refractivity (Wildman–Crippen MR) is 79.4 cm³/mol. The number of nitrogens with zero attached hydrogens (tertiary/aromatic N) is 1. The average molecular weight is 270 g/mol. The highest BCUT2D eigenvalue weighted by molar-refractivity contribution is 5.81. The minimum Gasteiger partial charge on any atom is -0.424 e. The summed E-state index contributed by atoms with van der Waals surface area (Å²) in [6.45, 7) is 3.93. The lowest BCUT2D eigenvalue weighted by Crippen LogP contribution is -2.09. The molecule has 0 aliphatic rings. The van der Waals surface area contributed by atoms with Gasteiger partial charge in [0.05, 0.1) is 5.69 Å². The number of aromatic nitrogens is 1. The fourth-order valence-corrected chi connectivity index (χ4v) is 1.94. The molecule has 1 heterocycles. The maximum absolute atomic E-state index is 11.6. The Morgan fingerprint density at radius 2 is 2.15 bits per heavy atom. The van der Waals surface area contributed by atoms with E-state index in [0.717, 1.165) is 17.5 Å². The zero-order chi connectivity index (χ0) is 14.5. The number of carbonyl (C=O) groups excluding carboxylic acids is 1. The van der Waals surface area contributed by atoms with E-state index in [9.17, 15) is 4.79 Å². The molecule has 1 aromatic carbocycles. The fourth-order valence-electron chi connectivity index (χ4n) is 1.94. The van der Waals surface area contributed by atoms with Gasteiger partial charge in [-0.15, -0.1) is 0 Å². The van der Waals surface area contributed by atoms with E-state index in [1.165, 1.54) is 0 Å². The summed E-state index contributed by atoms with van der Waals surface area (Å²) in [4.78, 5) is 15.9. The Kier molecular flexibility index (Phi) is 4.35. The monoisotopic (exact) mass is 270 g/mol. The quantitative estimate of drug-likeness (QED) is 0.865. The number of hydrogen-bond donors (Lipinski definition) is 1. The van der Waals surface area contributed by atoms with Crippen LogP contribution in [0.25, 0.3) is 11.3 Å². The smallest absolute Gasteiger partial charge is 0.311 e. The van der Waals surface area contributed by atoms with Crippen molar-refractivity contribution in [1.82, 2.24) is 4.98 Å². The highest BCUT2D eigenvalue weighted by atomic mass is 16.5. The Morgan fingerprint density at radius 1 is 1.35 bits per heavy atom. The molecule has 4 nitrogen and oxygen atoms in total. The first-order valence-corrected chi connectivity index (χ1v) is 6.64. The summed E-state index contributed by atoms with van der Waals surface area (Å²) in [6.07, 6.45) is 2.72. The molecule has 0 aliphatic carbocycles. The standard InChI is InChI=1S/C16H18N2O2/c1-3-5-14(19)20-13-8-9-18-16(15(13)17)12-7-4-6-11(2)10-12/h4,6-10H,3,5,17H2,1-2H3. The molecule has 0 saturated heterocycles. The number of carbonyl (C=O) groups is 1. The lowest BCUT2D eigenvalue weighted by atomic mass is 10.1. The number of benzene rings is 1. The number of anilines is 1. The summed E-state index contributed by atoms with van der Waals surface area (Å²) < 4.78 is 5.27. The number of nitrogens with two attached hydrogens (primary N) is 1. The third-order valence-corrected chi connectivity index (χ3v) is 2.92. The Bertz CT molecular complexity index is 624. The summed E-state index contributed by atoms with van der Waals surface area (Å²) in [5, 5.41) is 0. The van der Waals surface area contributed by atoms with Crippen molar-refractivity contribution in [1.29, 1.82) is 0 Å². The molecule has 0 saturated carbocycles. The number of esters is 1. The van der Waals surface area contributed by atoms with Gasteiger partial charge in [-0.05, 0) is 19.4 Å². The molecule has 2 N–H and O–H groups in total. The zero-order valence-electron chi connectivity index (χ0n) is 11.7. The van der Waals surface area contributed by atoms with Gasteiger partial charge in [0.1, 0.15) is 5.69 Å². The van der Waals surface area contributed by atoms with Crippen molar-refractivity contribution in [2.24, 2.45) is 0 Å². The first-order chi connectivity index (χ1) is 9.61. The Balaban J connectivity index is 2.34. The van der Waals surface area contributed by atoms with Crippen LogP contribution in [0.5, 0.6) is 5.75 Å². The Morgan fingerprint density at radius 3 is 2.85 bits per heavy atom. The Labute approximate surface area is 118 Å². The second-order valence-corrected chi connectivity index (χ2v) is 4.66. The third-order valence-electron chi connectivity index (χ3n) is 2.92. The molecule has 0 spiro atoms. The van der Waals surface area contributed by atoms with E-state index < -0.39 is 0 Å². The van der Waals surface area contributed by atoms with E-state index in [1.807, 2.05) is 38.1 Å². The normalized spacial score (nSPS) is 10.3. The van der Waals surface area contributed by atoms with Gasteiger partial charge < -0.3 is 10.5 Å². The van der Waals surface area contributed by atoms with Crippen molar-refractivity contribution < 1.29 is 9.53 Å². The van der Waals surface area contributed by atoms with Crippen LogP contribution in [0.2, 0.25) is 0 Å². The minimum absolute atomic E-state index is 0.277. The van der Waals surface area contributed by atoms with Gasteiger partial charge in [0.15, 0.2) is 5.75 Å². The second-order valence-electron chi connectivity index (χ2n) is 4.66. The van der Waals surface area contributed by atoms with Gasteiger partial charge in [-0.25, -0.2) is 0 Å². The number of rotatable bonds is 4. The van der Waals surface area contributed by atoms with E-state index in [0.29, 0.717) is 23.6 Å². The molecular weight excluding hydrogens is 252 g/mol. The van der Waals surface area contributed by atoms with E-state index in [2.05, 4.69) is 4.98 Å². The molecule has 1 aromatic heterocycles. The molecule has 0 unspecified atom stereocenters. The van der Waals surface area contributed by atoms with Crippen molar-refractivity contribution in [2.75, 3.05) is 5.73 Å². The van der Waals surface area contributed by atoms with Crippen LogP contribution in [0.4, 0.5) is 5.69 Å². The molecule has 0 atom stereocenters. The SMILES string of the molecule is CCCC(=O)Oc1ccnc(-c2cccc(C)c2)c1N. The van der Waals surface area contributed by atoms with Crippen molar-refractivity contribution in [2.45, 2.75) is 26.7 Å². The topological polar surface area (TPSA) is 65.2 Å². The van der Waals surface area contributed by atoms with Gasteiger partial charge in [-0.2, -0.15) is 0 Å². The van der Waals surface area contributed by atoms with Gasteiger partial charge in [0.2, 0.25) is 0 Å². The van der Waals surface area contributed by atoms with Crippen LogP contribution in [-0.2, 0) is 4.79 Å². The van der Waals surface area contributed by atoms with Crippen LogP contribution in [0.15, 0.2) is 36.5 Å². The fraction of sp³-hybridized carbons (Fsp3) is 0.250. The summed E-state index contributed by atoms with van der Waals surface area (Å²) in [6, 6.07) is 9.49. The molecule has 0 bridgehead atoms. The van der Waals surface area contributed by atoms with Crippen molar-refractivity contribution >= 4 is 11.7 Å². The van der Waals surface area contributed by atoms with Crippen LogP contribution in [-0.4, -0.2) is 11.0 Å². The molecule has 0 radical (unpaired) electrons. The number of ether oxygens (including phenoxy) is 1. The van der Waals surface area contributed by atoms with Gasteiger partial charge in [0, 0.05) is 24.2 Å². The Hall–Kier alpha value is -2.36. The second kappa shape index (κ2) is 6.19. The van der Waals surface area contributed by atoms with Gasteiger partial charge >= 0.3 is 5.97 Å². The number of aryl methyl sites for hydroxylation is 1. The van der Waals surface area contributed by atoms with Crippen molar-refractivity contribution in [3.05, 3.63) is 42.1 Å². The zero-order valence-corrected chi connectivity index (χ0v) is 11.7. The van der Waals surface area contributed by atoms with Crippen molar-refractivity contribution in [3.8, 4) is 17.0 Å². The van der Waals surface area contributed by atoms with E-state index in [4.69, 9.17) is 10.5 Å². The minimum atomic E-state index is -0.277. The molecule has 104 valence electrons. The molecule has 2 rings (SSSR count). The van der Waals surface area contributed by atoms with Crippen LogP contribution in [0.1, 0.15) is 25.3 Å². The first kappa shape index (κ1) is 14.1. The van der Waals surface area contributed by atoms with Gasteiger partial charge in [-0.1, -0.05) is 30.7 Å². The molecule has 20 heavy (non-hydrogen) atoms. The summed E-state index contributed by atoms with van der Waals surface area (Å²) in [7, 11) is 0. The highest BCUT2D eigenvalue weighted by Crippen LogP contribution is 2.31. The van der Waals surface area contributed by atoms with Crippen LogP contribution in [0.3, 0.4) is 0 Å². The van der Waals surface area contributed by atoms with E-state index in [1.54, 1.807) is 12.3 Å². The highest BCUT2D eigenvalue weighted by Gasteiger charge is 2.12. The maximum atomic E-state index is 11.6. The number of pyridine rings is 1. The lowest BCUT2D eigenvalue weighted by Gasteiger charge is -2.10. The lowest BCUT2D eigenvalue weighted by molar-refractivity contribution is -0.134. The number of nitrogen functional groups attached to an aromatic ring is 1. The van der Waals surface area contributed by atoms with E-state index >= 15 is 0 Å². The van der Waals surface area contributed by atoms with Crippen LogP contribution in [0, 0.1) is 6.92 Å². The van der Waals surface area contributed by atoms with Gasteiger partial charge in [-0.3, -0.25) is 9.78 Å². The molecule has 0 amide bonds. The predicted octanol–water partition coefficient (Wildman–Crippen LogP) is 3.34. The summed E-state index contributed by atoms with van der Waals surface area (Å²) >= 11 is 0. The third kappa shape index (κ3) is 3.15. The van der Waals surface area contributed by atoms with Crippen molar-refractivity contribution in [3.63, 3.8) is 0 Å². The summed E-state index contributed by atoms with van der Waals surface area (Å²) in [5.41, 5.74) is 9.13. The largest absolute Gasteiger partial charge is 0.424 e. The molecular formula is C16H18N2O2. The van der Waals surface area contributed by atoms with Crippen LogP contribution >= 0.6 is 0 Å². The molecule has 2 aromatic rings. The van der Waals surface area contributed by atoms with Gasteiger partial charge in [0.25, 0.3) is 0 Å². The van der Waals surface area contributed by atoms with Crippen LogP contribution < -0.4 is 10.5 Å². The maximum Gasteiger partial charge on any atom is 0.311 e. The molecule has 4 heteroatoms.